The van der Waals surface area contributed by atoms with Crippen molar-refractivity contribution in [1.82, 2.24) is 9.97 Å². The van der Waals surface area contributed by atoms with Gasteiger partial charge in [0.15, 0.2) is 0 Å². The highest BCUT2D eigenvalue weighted by atomic mass is 16.5. The molecule has 2 N–H and O–H groups in total. The quantitative estimate of drug-likeness (QED) is 0.469. The molecule has 5 rings (SSSR count). The number of nitrogens with one attached hydrogen (secondary N) is 2. The van der Waals surface area contributed by atoms with Crippen LogP contribution in [0.2, 0.25) is 0 Å². The van der Waals surface area contributed by atoms with Crippen LogP contribution in [0.4, 0.5) is 0 Å². The molecule has 1 unspecified atom stereocenters. The van der Waals surface area contributed by atoms with Crippen LogP contribution >= 0.6 is 0 Å². The van der Waals surface area contributed by atoms with Gasteiger partial charge in [-0.25, -0.2) is 0 Å². The van der Waals surface area contributed by atoms with Crippen molar-refractivity contribution in [2.45, 2.75) is 45.6 Å². The highest BCUT2D eigenvalue weighted by molar-refractivity contribution is 6.06. The standard InChI is InChI=1S/C25H27N3O/c1-5-29-17-12-18-15(2)14-25(3,4)28-23(18)19(13-17)24-26-20-10-6-8-16-9-7-11-21(27-24)22(16)20/h6-13,15,26-27H,5,14H2,1-4H3. The molecule has 0 aliphatic carbocycles. The van der Waals surface area contributed by atoms with E-state index in [1.165, 1.54) is 16.3 Å². The van der Waals surface area contributed by atoms with Crippen molar-refractivity contribution in [2.24, 2.45) is 4.99 Å². The van der Waals surface area contributed by atoms with E-state index in [9.17, 15) is 0 Å². The number of nitrogens with zero attached hydrogens (tertiary/aromatic N) is 1. The van der Waals surface area contributed by atoms with Crippen molar-refractivity contribution in [3.05, 3.63) is 70.1 Å². The van der Waals surface area contributed by atoms with E-state index in [-0.39, 0.29) is 5.54 Å². The molecule has 4 nitrogen and oxygen atoms in total. The fraction of sp³-hybridized carbons (Fsp3) is 0.320. The fourth-order valence-electron chi connectivity index (χ4n) is 4.76. The van der Waals surface area contributed by atoms with Gasteiger partial charge in [0.1, 0.15) is 11.2 Å². The summed E-state index contributed by atoms with van der Waals surface area (Å²) in [5.41, 5.74) is 4.37. The second-order valence-corrected chi connectivity index (χ2v) is 8.71. The third-order valence-electron chi connectivity index (χ3n) is 5.87. The lowest BCUT2D eigenvalue weighted by Crippen LogP contribution is -2.32. The van der Waals surface area contributed by atoms with E-state index < -0.39 is 0 Å². The number of benzene rings is 3. The summed E-state index contributed by atoms with van der Waals surface area (Å²) in [7, 11) is 0. The Kier molecular flexibility index (Phi) is 4.05. The first-order chi connectivity index (χ1) is 13.9. The van der Waals surface area contributed by atoms with Crippen LogP contribution in [0.5, 0.6) is 5.75 Å². The maximum absolute atomic E-state index is 5.92. The van der Waals surface area contributed by atoms with E-state index in [1.54, 1.807) is 0 Å². The van der Waals surface area contributed by atoms with Crippen molar-refractivity contribution in [1.29, 1.82) is 0 Å². The van der Waals surface area contributed by atoms with Gasteiger partial charge in [0.2, 0.25) is 0 Å². The maximum atomic E-state index is 5.92. The van der Waals surface area contributed by atoms with Crippen LogP contribution in [-0.4, -0.2) is 22.1 Å². The number of hydrogen-bond acceptors (Lipinski definition) is 2. The number of ether oxygens (including phenoxy) is 1. The molecule has 148 valence electrons. The van der Waals surface area contributed by atoms with Gasteiger partial charge in [-0.15, -0.1) is 0 Å². The Morgan fingerprint density at radius 3 is 2.41 bits per heavy atom. The van der Waals surface area contributed by atoms with Crippen LogP contribution in [0.1, 0.15) is 45.6 Å². The highest BCUT2D eigenvalue weighted by Gasteiger charge is 2.27. The predicted molar refractivity (Wildman–Crippen MR) is 118 cm³/mol. The minimum absolute atomic E-state index is 0.0819. The Bertz CT molecular complexity index is 1340. The molecule has 2 heterocycles. The molecule has 0 spiro atoms. The number of aromatic amines is 2. The van der Waals surface area contributed by atoms with Gasteiger partial charge in [-0.2, -0.15) is 0 Å². The maximum Gasteiger partial charge on any atom is 0.120 e. The smallest absolute Gasteiger partial charge is 0.120 e. The Balaban J connectivity index is 2.00. The Labute approximate surface area is 170 Å². The molecule has 1 aromatic heterocycles. The number of rotatable bonds is 2. The summed E-state index contributed by atoms with van der Waals surface area (Å²) < 4.78 is 5.92. The molecule has 0 saturated carbocycles. The molecular formula is C25H27N3O. The molecular weight excluding hydrogens is 358 g/mol. The van der Waals surface area contributed by atoms with Gasteiger partial charge in [-0.05, 0) is 68.3 Å². The minimum atomic E-state index is -0.0819. The first kappa shape index (κ1) is 18.0. The molecule has 0 radical (unpaired) electrons. The zero-order valence-electron chi connectivity index (χ0n) is 17.5. The van der Waals surface area contributed by atoms with Gasteiger partial charge in [0.05, 0.1) is 17.5 Å². The summed E-state index contributed by atoms with van der Waals surface area (Å²) in [6.45, 7) is 9.40. The Hall–Kier alpha value is -3.01. The topological polar surface area (TPSA) is 53.2 Å². The van der Waals surface area contributed by atoms with Crippen molar-refractivity contribution in [2.75, 3.05) is 6.61 Å². The van der Waals surface area contributed by atoms with Crippen LogP contribution in [0, 0.1) is 10.7 Å². The van der Waals surface area contributed by atoms with Gasteiger partial charge >= 0.3 is 0 Å². The summed E-state index contributed by atoms with van der Waals surface area (Å²) >= 11 is 0. The lowest BCUT2D eigenvalue weighted by Gasteiger charge is -2.29. The monoisotopic (exact) mass is 385 g/mol. The van der Waals surface area contributed by atoms with Gasteiger partial charge in [0, 0.05) is 21.6 Å². The third-order valence-corrected chi connectivity index (χ3v) is 5.87. The van der Waals surface area contributed by atoms with Crippen molar-refractivity contribution in [3.63, 3.8) is 0 Å². The van der Waals surface area contributed by atoms with E-state index in [1.807, 2.05) is 6.92 Å². The van der Waals surface area contributed by atoms with Crippen molar-refractivity contribution < 1.29 is 4.74 Å². The van der Waals surface area contributed by atoms with E-state index in [4.69, 9.17) is 9.73 Å². The molecule has 0 saturated heterocycles. The van der Waals surface area contributed by atoms with Crippen LogP contribution in [0.15, 0.2) is 53.5 Å². The van der Waals surface area contributed by atoms with Crippen molar-refractivity contribution in [3.8, 4) is 5.75 Å². The predicted octanol–water partition coefficient (Wildman–Crippen LogP) is 5.52. The molecule has 0 amide bonds. The van der Waals surface area contributed by atoms with E-state index in [0.29, 0.717) is 12.5 Å². The Morgan fingerprint density at radius 2 is 1.76 bits per heavy atom. The first-order valence-corrected chi connectivity index (χ1v) is 10.4. The second-order valence-electron chi connectivity index (χ2n) is 8.71. The van der Waals surface area contributed by atoms with Gasteiger partial charge < -0.3 is 14.7 Å². The summed E-state index contributed by atoms with van der Waals surface area (Å²) in [5.74, 6) is 1.33. The molecule has 3 aromatic carbocycles. The lowest BCUT2D eigenvalue weighted by atomic mass is 9.84. The summed E-state index contributed by atoms with van der Waals surface area (Å²) in [5, 5.41) is 4.58. The zero-order valence-corrected chi connectivity index (χ0v) is 17.5. The third kappa shape index (κ3) is 3.03. The summed E-state index contributed by atoms with van der Waals surface area (Å²) in [4.78, 5) is 12.4. The average molecular weight is 386 g/mol. The van der Waals surface area contributed by atoms with E-state index in [2.05, 4.69) is 79.3 Å². The molecule has 4 aromatic rings. The summed E-state index contributed by atoms with van der Waals surface area (Å²) in [6, 6.07) is 17.0. The summed E-state index contributed by atoms with van der Waals surface area (Å²) in [6.07, 6.45) is 1.04. The van der Waals surface area contributed by atoms with E-state index in [0.717, 1.165) is 39.3 Å². The molecule has 1 aliphatic heterocycles. The van der Waals surface area contributed by atoms with Crippen LogP contribution in [0.25, 0.3) is 21.8 Å². The first-order valence-electron chi connectivity index (χ1n) is 10.4. The average Bonchev–Trinajstić information content (AvgIpc) is 2.68. The zero-order chi connectivity index (χ0) is 20.2. The number of H-pyrrole nitrogens is 2. The van der Waals surface area contributed by atoms with Gasteiger partial charge in [-0.3, -0.25) is 4.99 Å². The molecule has 1 aliphatic rings. The number of hydrogen-bond donors (Lipinski definition) is 2. The fourth-order valence-corrected chi connectivity index (χ4v) is 4.76. The van der Waals surface area contributed by atoms with Crippen LogP contribution < -0.4 is 10.1 Å². The minimum Gasteiger partial charge on any atom is -0.494 e. The van der Waals surface area contributed by atoms with Crippen LogP contribution in [0.3, 0.4) is 0 Å². The normalized spacial score (nSPS) is 17.9. The molecule has 4 heteroatoms. The molecule has 0 fully saturated rings. The largest absolute Gasteiger partial charge is 0.494 e. The molecule has 29 heavy (non-hydrogen) atoms. The molecule has 0 bridgehead atoms. The van der Waals surface area contributed by atoms with Crippen LogP contribution in [-0.2, 0) is 0 Å². The van der Waals surface area contributed by atoms with Gasteiger partial charge in [-0.1, -0.05) is 31.2 Å². The van der Waals surface area contributed by atoms with E-state index >= 15 is 0 Å². The van der Waals surface area contributed by atoms with Gasteiger partial charge in [0.25, 0.3) is 0 Å². The second kappa shape index (κ2) is 6.51. The molecule has 1 atom stereocenters. The van der Waals surface area contributed by atoms with Crippen molar-refractivity contribution >= 4 is 21.8 Å². The Morgan fingerprint density at radius 1 is 1.07 bits per heavy atom. The SMILES string of the molecule is CCOc1cc2c(c(=c3[nH]c4cccc5cccc([nH]3)c54)c1)=NC(C)(C)CC2C. The lowest BCUT2D eigenvalue weighted by molar-refractivity contribution is 0.337. The number of aromatic nitrogens is 2. The highest BCUT2D eigenvalue weighted by Crippen LogP contribution is 2.32. The number of fused-ring (bicyclic) bond motifs is 1.